The number of carboxylic acids is 2. The minimum atomic E-state index is -1.29. The van der Waals surface area contributed by atoms with Crippen molar-refractivity contribution in [3.63, 3.8) is 0 Å². The molecule has 2 rings (SSSR count). The Balaban J connectivity index is 2.30. The molecule has 0 saturated carbocycles. The Bertz CT molecular complexity index is 799. The Morgan fingerprint density at radius 3 is 2.60 bits per heavy atom. The van der Waals surface area contributed by atoms with Gasteiger partial charge in [-0.25, -0.2) is 9.78 Å². The van der Waals surface area contributed by atoms with Crippen LogP contribution < -0.4 is 5.32 Å². The standard InChI is InChI=1S/C16H20N4O5/c1-19(2)9-11-14(18-12-5-3-4-8-20(11)12)15(23)17-10(16(24)25)6-7-13(21)22/h3-5,8,10H,6-7,9H2,1-2H3,(H,17,23)(H,21,22)(H,24,25). The zero-order valence-corrected chi connectivity index (χ0v) is 14.0. The minimum Gasteiger partial charge on any atom is -0.481 e. The lowest BCUT2D eigenvalue weighted by molar-refractivity contribution is -0.140. The van der Waals surface area contributed by atoms with Gasteiger partial charge in [-0.3, -0.25) is 9.59 Å². The summed E-state index contributed by atoms with van der Waals surface area (Å²) < 4.78 is 1.77. The van der Waals surface area contributed by atoms with E-state index in [4.69, 9.17) is 5.11 Å². The van der Waals surface area contributed by atoms with Crippen LogP contribution in [0.5, 0.6) is 0 Å². The van der Waals surface area contributed by atoms with Crippen LogP contribution in [0.4, 0.5) is 0 Å². The van der Waals surface area contributed by atoms with Crippen molar-refractivity contribution in [2.45, 2.75) is 25.4 Å². The Kier molecular flexibility index (Phi) is 5.71. The second kappa shape index (κ2) is 7.75. The van der Waals surface area contributed by atoms with Gasteiger partial charge in [0.15, 0.2) is 5.69 Å². The predicted octanol–water partition coefficient (Wildman–Crippen LogP) is 0.444. The number of imidazole rings is 1. The van der Waals surface area contributed by atoms with Gasteiger partial charge in [-0.15, -0.1) is 0 Å². The number of aliphatic carboxylic acids is 2. The largest absolute Gasteiger partial charge is 0.481 e. The van der Waals surface area contributed by atoms with Crippen LogP contribution in [0.3, 0.4) is 0 Å². The van der Waals surface area contributed by atoms with Crippen molar-refractivity contribution in [2.75, 3.05) is 14.1 Å². The number of aromatic nitrogens is 2. The fraction of sp³-hybridized carbons (Fsp3) is 0.375. The van der Waals surface area contributed by atoms with Gasteiger partial charge in [-0.05, 0) is 32.6 Å². The zero-order chi connectivity index (χ0) is 18.6. The Morgan fingerprint density at radius 2 is 2.00 bits per heavy atom. The summed E-state index contributed by atoms with van der Waals surface area (Å²) >= 11 is 0. The molecule has 0 saturated heterocycles. The molecule has 0 aromatic carbocycles. The molecule has 3 N–H and O–H groups in total. The van der Waals surface area contributed by atoms with Crippen molar-refractivity contribution in [1.29, 1.82) is 0 Å². The van der Waals surface area contributed by atoms with E-state index in [1.165, 1.54) is 0 Å². The molecular formula is C16H20N4O5. The molecule has 2 aromatic heterocycles. The molecule has 25 heavy (non-hydrogen) atoms. The highest BCUT2D eigenvalue weighted by Gasteiger charge is 2.25. The third-order valence-electron chi connectivity index (χ3n) is 3.56. The average Bonchev–Trinajstić information content (AvgIpc) is 2.89. The van der Waals surface area contributed by atoms with Crippen LogP contribution in [0.15, 0.2) is 24.4 Å². The highest BCUT2D eigenvalue weighted by atomic mass is 16.4. The fourth-order valence-corrected chi connectivity index (χ4v) is 2.43. The SMILES string of the molecule is CN(C)Cc1c(C(=O)NC(CCC(=O)O)C(=O)O)nc2ccccn12. The lowest BCUT2D eigenvalue weighted by Crippen LogP contribution is -2.41. The summed E-state index contributed by atoms with van der Waals surface area (Å²) in [4.78, 5) is 40.6. The van der Waals surface area contributed by atoms with E-state index in [1.54, 1.807) is 22.7 Å². The van der Waals surface area contributed by atoms with Gasteiger partial charge in [-0.1, -0.05) is 6.07 Å². The van der Waals surface area contributed by atoms with Crippen LogP contribution >= 0.6 is 0 Å². The molecule has 0 aliphatic rings. The maximum absolute atomic E-state index is 12.6. The minimum absolute atomic E-state index is 0.126. The maximum Gasteiger partial charge on any atom is 0.326 e. The fourth-order valence-electron chi connectivity index (χ4n) is 2.43. The average molecular weight is 348 g/mol. The van der Waals surface area contributed by atoms with Crippen molar-refractivity contribution < 1.29 is 24.6 Å². The number of nitrogens with zero attached hydrogens (tertiary/aromatic N) is 3. The van der Waals surface area contributed by atoms with Crippen molar-refractivity contribution in [1.82, 2.24) is 19.6 Å². The molecular weight excluding hydrogens is 328 g/mol. The van der Waals surface area contributed by atoms with Gasteiger partial charge in [0.05, 0.1) is 5.69 Å². The number of carbonyl (C=O) groups excluding carboxylic acids is 1. The topological polar surface area (TPSA) is 124 Å². The third-order valence-corrected chi connectivity index (χ3v) is 3.56. The first kappa shape index (κ1) is 18.4. The summed E-state index contributed by atoms with van der Waals surface area (Å²) in [7, 11) is 3.69. The van der Waals surface area contributed by atoms with Crippen molar-refractivity contribution >= 4 is 23.5 Å². The van der Waals surface area contributed by atoms with Crippen LogP contribution in [0.1, 0.15) is 29.0 Å². The van der Waals surface area contributed by atoms with E-state index in [9.17, 15) is 19.5 Å². The summed E-state index contributed by atoms with van der Waals surface area (Å²) in [5.74, 6) is -3.05. The van der Waals surface area contributed by atoms with Crippen LogP contribution in [-0.2, 0) is 16.1 Å². The smallest absolute Gasteiger partial charge is 0.326 e. The maximum atomic E-state index is 12.6. The summed E-state index contributed by atoms with van der Waals surface area (Å²) in [5.41, 5.74) is 1.32. The van der Waals surface area contributed by atoms with Crippen molar-refractivity contribution in [3.05, 3.63) is 35.8 Å². The molecule has 134 valence electrons. The third kappa shape index (κ3) is 4.54. The van der Waals surface area contributed by atoms with Gasteiger partial charge in [0.2, 0.25) is 0 Å². The van der Waals surface area contributed by atoms with Gasteiger partial charge in [0.25, 0.3) is 5.91 Å². The van der Waals surface area contributed by atoms with E-state index >= 15 is 0 Å². The van der Waals surface area contributed by atoms with Crippen LogP contribution in [0, 0.1) is 0 Å². The first-order valence-electron chi connectivity index (χ1n) is 7.65. The molecule has 0 bridgehead atoms. The normalized spacial score (nSPS) is 12.3. The molecule has 9 nitrogen and oxygen atoms in total. The van der Waals surface area contributed by atoms with Gasteiger partial charge in [0, 0.05) is 19.2 Å². The number of nitrogens with one attached hydrogen (secondary N) is 1. The van der Waals surface area contributed by atoms with E-state index in [2.05, 4.69) is 10.3 Å². The Morgan fingerprint density at radius 1 is 1.28 bits per heavy atom. The molecule has 2 heterocycles. The number of hydrogen-bond donors (Lipinski definition) is 3. The molecule has 1 unspecified atom stereocenters. The summed E-state index contributed by atoms with van der Waals surface area (Å²) in [6.45, 7) is 0.431. The molecule has 0 aliphatic heterocycles. The van der Waals surface area contributed by atoms with Crippen LogP contribution in [0.2, 0.25) is 0 Å². The number of amides is 1. The number of fused-ring (bicyclic) bond motifs is 1. The van der Waals surface area contributed by atoms with E-state index in [0.29, 0.717) is 17.9 Å². The molecule has 0 fully saturated rings. The summed E-state index contributed by atoms with van der Waals surface area (Å²) in [6, 6.07) is 4.05. The van der Waals surface area contributed by atoms with Gasteiger partial charge < -0.3 is 24.8 Å². The number of carbonyl (C=O) groups is 3. The molecule has 1 amide bonds. The highest BCUT2D eigenvalue weighted by Crippen LogP contribution is 2.15. The van der Waals surface area contributed by atoms with E-state index in [1.807, 2.05) is 25.1 Å². The quantitative estimate of drug-likeness (QED) is 0.632. The molecule has 0 aliphatic carbocycles. The number of rotatable bonds is 8. The van der Waals surface area contributed by atoms with Gasteiger partial charge in [-0.2, -0.15) is 0 Å². The highest BCUT2D eigenvalue weighted by molar-refractivity contribution is 5.96. The number of pyridine rings is 1. The number of carboxylic acid groups (broad SMARTS) is 2. The van der Waals surface area contributed by atoms with Crippen molar-refractivity contribution in [2.24, 2.45) is 0 Å². The lowest BCUT2D eigenvalue weighted by Gasteiger charge is -2.14. The van der Waals surface area contributed by atoms with Gasteiger partial charge >= 0.3 is 11.9 Å². The summed E-state index contributed by atoms with van der Waals surface area (Å²) in [6.07, 6.45) is 1.22. The van der Waals surface area contributed by atoms with E-state index in [-0.39, 0.29) is 18.5 Å². The van der Waals surface area contributed by atoms with Crippen LogP contribution in [0.25, 0.3) is 5.65 Å². The first-order chi connectivity index (χ1) is 11.8. The summed E-state index contributed by atoms with van der Waals surface area (Å²) in [5, 5.41) is 20.3. The Hall–Kier alpha value is -2.94. The molecule has 0 radical (unpaired) electrons. The molecule has 2 aromatic rings. The first-order valence-corrected chi connectivity index (χ1v) is 7.65. The van der Waals surface area contributed by atoms with Crippen LogP contribution in [-0.4, -0.2) is 62.5 Å². The predicted molar refractivity (Wildman–Crippen MR) is 88.3 cm³/mol. The van der Waals surface area contributed by atoms with E-state index < -0.39 is 23.9 Å². The second-order valence-electron chi connectivity index (χ2n) is 5.87. The van der Waals surface area contributed by atoms with Crippen molar-refractivity contribution in [3.8, 4) is 0 Å². The lowest BCUT2D eigenvalue weighted by atomic mass is 10.1. The van der Waals surface area contributed by atoms with E-state index in [0.717, 1.165) is 0 Å². The Labute approximate surface area is 143 Å². The second-order valence-corrected chi connectivity index (χ2v) is 5.87. The molecule has 1 atom stereocenters. The number of hydrogen-bond acceptors (Lipinski definition) is 5. The monoisotopic (exact) mass is 348 g/mol. The molecule has 9 heteroatoms. The van der Waals surface area contributed by atoms with Gasteiger partial charge in [0.1, 0.15) is 11.7 Å². The zero-order valence-electron chi connectivity index (χ0n) is 14.0. The molecule has 0 spiro atoms.